The maximum absolute atomic E-state index is 12.9. The summed E-state index contributed by atoms with van der Waals surface area (Å²) in [5.41, 5.74) is 4.24. The molecule has 1 aliphatic heterocycles. The summed E-state index contributed by atoms with van der Waals surface area (Å²) in [7, 11) is 0. The number of aromatic nitrogens is 2. The number of pyridine rings is 1. The molecule has 29 heavy (non-hydrogen) atoms. The van der Waals surface area contributed by atoms with Gasteiger partial charge in [0.05, 0.1) is 12.2 Å². The number of carbonyl (C=O) groups is 1. The van der Waals surface area contributed by atoms with Gasteiger partial charge in [0.1, 0.15) is 5.65 Å². The van der Waals surface area contributed by atoms with Crippen molar-refractivity contribution in [2.24, 2.45) is 0 Å². The highest BCUT2D eigenvalue weighted by molar-refractivity contribution is 5.95. The van der Waals surface area contributed by atoms with Crippen molar-refractivity contribution in [2.45, 2.75) is 20.4 Å². The van der Waals surface area contributed by atoms with E-state index < -0.39 is 0 Å². The number of fused-ring (bicyclic) bond motifs is 1. The van der Waals surface area contributed by atoms with Crippen LogP contribution in [0.2, 0.25) is 0 Å². The summed E-state index contributed by atoms with van der Waals surface area (Å²) in [5.74, 6) is 0.176. The molecule has 3 heterocycles. The number of anilines is 1. The molecule has 0 saturated carbocycles. The van der Waals surface area contributed by atoms with Gasteiger partial charge in [0.25, 0.3) is 0 Å². The van der Waals surface area contributed by atoms with E-state index in [0.717, 1.165) is 55.3 Å². The average Bonchev–Trinajstić information content (AvgIpc) is 3.14. The van der Waals surface area contributed by atoms with Gasteiger partial charge in [-0.2, -0.15) is 0 Å². The maximum atomic E-state index is 12.9. The Morgan fingerprint density at radius 3 is 2.48 bits per heavy atom. The van der Waals surface area contributed by atoms with Gasteiger partial charge in [-0.1, -0.05) is 24.3 Å². The van der Waals surface area contributed by atoms with Crippen LogP contribution in [0.5, 0.6) is 0 Å². The Balaban J connectivity index is 1.31. The molecule has 1 saturated heterocycles. The summed E-state index contributed by atoms with van der Waals surface area (Å²) >= 11 is 0. The molecule has 3 aromatic rings. The first-order chi connectivity index (χ1) is 14.1. The summed E-state index contributed by atoms with van der Waals surface area (Å²) in [6, 6.07) is 14.2. The molecule has 1 fully saturated rings. The topological polar surface area (TPSA) is 44.1 Å². The normalized spacial score (nSPS) is 15.7. The molecule has 0 N–H and O–H groups in total. The van der Waals surface area contributed by atoms with E-state index in [1.54, 1.807) is 0 Å². The van der Waals surface area contributed by atoms with Gasteiger partial charge in [-0.25, -0.2) is 4.98 Å². The maximum Gasteiger partial charge on any atom is 0.241 e. The van der Waals surface area contributed by atoms with Crippen molar-refractivity contribution in [2.75, 3.05) is 44.2 Å². The van der Waals surface area contributed by atoms with E-state index >= 15 is 0 Å². The summed E-state index contributed by atoms with van der Waals surface area (Å²) < 4.78 is 2.06. The molecule has 6 nitrogen and oxygen atoms in total. The average molecular weight is 392 g/mol. The summed E-state index contributed by atoms with van der Waals surface area (Å²) in [5, 5.41) is 0. The first-order valence-corrected chi connectivity index (χ1v) is 10.4. The van der Waals surface area contributed by atoms with Crippen molar-refractivity contribution >= 4 is 17.2 Å². The third-order valence-corrected chi connectivity index (χ3v) is 5.65. The van der Waals surface area contributed by atoms with Gasteiger partial charge >= 0.3 is 0 Å². The van der Waals surface area contributed by atoms with Crippen LogP contribution in [0.15, 0.2) is 54.9 Å². The Hall–Kier alpha value is -2.70. The molecular formula is C23H29N5O. The van der Waals surface area contributed by atoms with Crippen molar-refractivity contribution in [3.05, 3.63) is 66.1 Å². The second-order valence-corrected chi connectivity index (χ2v) is 7.68. The van der Waals surface area contributed by atoms with Crippen LogP contribution in [0.3, 0.4) is 0 Å². The minimum Gasteiger partial charge on any atom is -0.311 e. The third-order valence-electron chi connectivity index (χ3n) is 5.65. The predicted molar refractivity (Wildman–Crippen MR) is 116 cm³/mol. The number of hydrogen-bond donors (Lipinski definition) is 0. The van der Waals surface area contributed by atoms with Crippen LogP contribution in [0.25, 0.3) is 5.65 Å². The third kappa shape index (κ3) is 4.49. The fraction of sp³-hybridized carbons (Fsp3) is 0.391. The van der Waals surface area contributed by atoms with Crippen molar-refractivity contribution in [1.29, 1.82) is 0 Å². The number of carbonyl (C=O) groups excluding carboxylic acids is 1. The molecule has 2 aromatic heterocycles. The molecule has 0 radical (unpaired) electrons. The second kappa shape index (κ2) is 8.76. The number of likely N-dealkylation sites (N-methyl/N-ethyl adjacent to an activating group) is 1. The van der Waals surface area contributed by atoms with Gasteiger partial charge in [0.15, 0.2) is 0 Å². The molecule has 0 unspecified atom stereocenters. The van der Waals surface area contributed by atoms with E-state index in [1.165, 1.54) is 0 Å². The number of rotatable bonds is 6. The van der Waals surface area contributed by atoms with Gasteiger partial charge in [0, 0.05) is 57.3 Å². The van der Waals surface area contributed by atoms with Gasteiger partial charge in [-0.15, -0.1) is 0 Å². The minimum absolute atomic E-state index is 0.176. The molecule has 0 atom stereocenters. The lowest BCUT2D eigenvalue weighted by atomic mass is 10.1. The zero-order valence-corrected chi connectivity index (χ0v) is 17.3. The zero-order valence-electron chi connectivity index (χ0n) is 17.3. The Bertz CT molecular complexity index is 941. The fourth-order valence-corrected chi connectivity index (χ4v) is 4.02. The van der Waals surface area contributed by atoms with Crippen LogP contribution in [-0.4, -0.2) is 64.4 Å². The number of hydrogen-bond acceptors (Lipinski definition) is 4. The standard InChI is InChI=1S/C23H29N5O/c1-3-28(21-9-5-4-8-19(21)2)23(29)18-26-14-12-25(13-15-26)16-20-17-27-11-7-6-10-22(27)24-20/h4-11,17H,3,12-16,18H2,1-2H3. The SMILES string of the molecule is CCN(C(=O)CN1CCN(Cc2cn3ccccc3n2)CC1)c1ccccc1C. The Labute approximate surface area is 172 Å². The number of nitrogens with zero attached hydrogens (tertiary/aromatic N) is 5. The van der Waals surface area contributed by atoms with Gasteiger partial charge in [0.2, 0.25) is 5.91 Å². The lowest BCUT2D eigenvalue weighted by Crippen LogP contribution is -2.50. The van der Waals surface area contributed by atoms with Crippen LogP contribution in [0.4, 0.5) is 5.69 Å². The highest BCUT2D eigenvalue weighted by Gasteiger charge is 2.23. The van der Waals surface area contributed by atoms with Crippen molar-refractivity contribution in [3.63, 3.8) is 0 Å². The van der Waals surface area contributed by atoms with Crippen LogP contribution in [-0.2, 0) is 11.3 Å². The van der Waals surface area contributed by atoms with E-state index in [4.69, 9.17) is 4.98 Å². The predicted octanol–water partition coefficient (Wildman–Crippen LogP) is 2.81. The number of benzene rings is 1. The van der Waals surface area contributed by atoms with Crippen molar-refractivity contribution in [1.82, 2.24) is 19.2 Å². The molecule has 152 valence electrons. The highest BCUT2D eigenvalue weighted by Crippen LogP contribution is 2.20. The summed E-state index contributed by atoms with van der Waals surface area (Å²) in [6.45, 7) is 9.85. The molecule has 6 heteroatoms. The molecular weight excluding hydrogens is 362 g/mol. The lowest BCUT2D eigenvalue weighted by molar-refractivity contribution is -0.120. The minimum atomic E-state index is 0.176. The van der Waals surface area contributed by atoms with Crippen LogP contribution in [0.1, 0.15) is 18.2 Å². The quantitative estimate of drug-likeness (QED) is 0.648. The second-order valence-electron chi connectivity index (χ2n) is 7.68. The molecule has 0 spiro atoms. The lowest BCUT2D eigenvalue weighted by Gasteiger charge is -2.35. The van der Waals surface area contributed by atoms with E-state index in [2.05, 4.69) is 33.4 Å². The first-order valence-electron chi connectivity index (χ1n) is 10.4. The van der Waals surface area contributed by atoms with E-state index in [9.17, 15) is 4.79 Å². The summed E-state index contributed by atoms with van der Waals surface area (Å²) in [4.78, 5) is 24.2. The number of piperazine rings is 1. The Morgan fingerprint density at radius 2 is 1.76 bits per heavy atom. The molecule has 0 aliphatic carbocycles. The molecule has 1 aliphatic rings. The fourth-order valence-electron chi connectivity index (χ4n) is 4.02. The van der Waals surface area contributed by atoms with E-state index in [-0.39, 0.29) is 5.91 Å². The van der Waals surface area contributed by atoms with Gasteiger partial charge in [-0.3, -0.25) is 14.6 Å². The summed E-state index contributed by atoms with van der Waals surface area (Å²) in [6.07, 6.45) is 4.13. The Kier molecular flexibility index (Phi) is 5.92. The van der Waals surface area contributed by atoms with Gasteiger partial charge in [-0.05, 0) is 37.6 Å². The van der Waals surface area contributed by atoms with Crippen LogP contribution >= 0.6 is 0 Å². The van der Waals surface area contributed by atoms with E-state index in [1.807, 2.05) is 54.4 Å². The van der Waals surface area contributed by atoms with Gasteiger partial charge < -0.3 is 9.30 Å². The van der Waals surface area contributed by atoms with Crippen LogP contribution < -0.4 is 4.90 Å². The van der Waals surface area contributed by atoms with Crippen molar-refractivity contribution in [3.8, 4) is 0 Å². The van der Waals surface area contributed by atoms with Crippen LogP contribution in [0, 0.1) is 6.92 Å². The Morgan fingerprint density at radius 1 is 1.03 bits per heavy atom. The highest BCUT2D eigenvalue weighted by atomic mass is 16.2. The molecule has 1 amide bonds. The number of amides is 1. The number of para-hydroxylation sites is 1. The number of aryl methyl sites for hydroxylation is 1. The molecule has 1 aromatic carbocycles. The zero-order chi connectivity index (χ0) is 20.2. The smallest absolute Gasteiger partial charge is 0.241 e. The largest absolute Gasteiger partial charge is 0.311 e. The first kappa shape index (κ1) is 19.6. The molecule has 0 bridgehead atoms. The monoisotopic (exact) mass is 391 g/mol. The van der Waals surface area contributed by atoms with E-state index in [0.29, 0.717) is 13.1 Å². The van der Waals surface area contributed by atoms with Crippen molar-refractivity contribution < 1.29 is 4.79 Å². The number of imidazole rings is 1. The molecule has 4 rings (SSSR count).